The van der Waals surface area contributed by atoms with Gasteiger partial charge in [0.25, 0.3) is 5.91 Å². The fourth-order valence-corrected chi connectivity index (χ4v) is 4.89. The number of carbonyl (C=O) groups excluding carboxylic acids is 2. The van der Waals surface area contributed by atoms with E-state index in [0.29, 0.717) is 38.2 Å². The second-order valence-electron chi connectivity index (χ2n) is 9.36. The lowest BCUT2D eigenvalue weighted by Crippen LogP contribution is -2.37. The maximum Gasteiger partial charge on any atom is 0.415 e. The molecule has 3 aromatic rings. The first-order valence-corrected chi connectivity index (χ1v) is 12.1. The number of pyridine rings is 1. The van der Waals surface area contributed by atoms with Gasteiger partial charge in [-0.25, -0.2) is 4.79 Å². The molecule has 7 nitrogen and oxygen atoms in total. The zero-order valence-corrected chi connectivity index (χ0v) is 19.9. The Hall–Kier alpha value is -3.87. The van der Waals surface area contributed by atoms with Gasteiger partial charge in [-0.15, -0.1) is 0 Å². The van der Waals surface area contributed by atoms with Crippen LogP contribution in [0.25, 0.3) is 0 Å². The van der Waals surface area contributed by atoms with Crippen LogP contribution in [0.15, 0.2) is 73.1 Å². The Bertz CT molecular complexity index is 1200. The van der Waals surface area contributed by atoms with Crippen LogP contribution in [-0.2, 0) is 11.3 Å². The highest BCUT2D eigenvalue weighted by molar-refractivity contribution is 5.95. The Morgan fingerprint density at radius 3 is 2.74 bits per heavy atom. The van der Waals surface area contributed by atoms with Gasteiger partial charge in [-0.1, -0.05) is 30.3 Å². The summed E-state index contributed by atoms with van der Waals surface area (Å²) in [6.07, 6.45) is 5.45. The molecule has 2 aliphatic heterocycles. The molecule has 0 aliphatic carbocycles. The summed E-state index contributed by atoms with van der Waals surface area (Å²) in [5.41, 5.74) is 4.06. The van der Waals surface area contributed by atoms with Crippen molar-refractivity contribution in [2.45, 2.75) is 38.3 Å². The summed E-state index contributed by atoms with van der Waals surface area (Å²) in [5, 5.41) is 3.43. The third-order valence-electron chi connectivity index (χ3n) is 6.91. The van der Waals surface area contributed by atoms with E-state index in [1.165, 1.54) is 0 Å². The van der Waals surface area contributed by atoms with Crippen LogP contribution in [0, 0.1) is 6.92 Å². The lowest BCUT2D eigenvalue weighted by molar-refractivity contribution is 0.0438. The Kier molecular flexibility index (Phi) is 6.40. The van der Waals surface area contributed by atoms with E-state index < -0.39 is 5.60 Å². The minimum Gasteiger partial charge on any atom is -0.441 e. The molecule has 3 heterocycles. The number of likely N-dealkylation sites (tertiary alicyclic amines) is 1. The fraction of sp³-hybridized carbons (Fsp3) is 0.321. The number of carbonyl (C=O) groups is 2. The van der Waals surface area contributed by atoms with E-state index in [2.05, 4.69) is 10.3 Å². The lowest BCUT2D eigenvalue weighted by atomic mass is 9.95. The molecule has 5 rings (SSSR count). The molecular weight excluding hydrogens is 440 g/mol. The fourth-order valence-electron chi connectivity index (χ4n) is 4.89. The van der Waals surface area contributed by atoms with Gasteiger partial charge in [0.15, 0.2) is 0 Å². The first-order chi connectivity index (χ1) is 17.0. The molecular formula is C28H30N4O3. The van der Waals surface area contributed by atoms with Crippen LogP contribution in [0.1, 0.15) is 40.7 Å². The molecule has 2 aromatic carbocycles. The van der Waals surface area contributed by atoms with E-state index in [9.17, 15) is 9.59 Å². The number of anilines is 2. The minimum absolute atomic E-state index is 0.00992. The number of nitrogens with one attached hydrogen (secondary N) is 1. The van der Waals surface area contributed by atoms with Crippen molar-refractivity contribution in [3.8, 4) is 0 Å². The van der Waals surface area contributed by atoms with Gasteiger partial charge in [-0.3, -0.25) is 14.7 Å². The van der Waals surface area contributed by atoms with Crippen molar-refractivity contribution in [2.24, 2.45) is 0 Å². The first-order valence-electron chi connectivity index (χ1n) is 12.1. The summed E-state index contributed by atoms with van der Waals surface area (Å²) in [6.45, 7) is 4.39. The summed E-state index contributed by atoms with van der Waals surface area (Å²) in [6, 6.07) is 19.3. The standard InChI is InChI=1S/C28H30N4O3/c1-21-10-11-23(17-25(21)30-19-22-7-5-14-29-18-22)26(33)31-15-6-12-28(13-16-31)20-32(27(34)35-28)24-8-3-2-4-9-24/h2-5,7-11,14,17-18,30H,6,12-13,15-16,19-20H2,1H3. The molecule has 2 amide bonds. The second-order valence-corrected chi connectivity index (χ2v) is 9.36. The Balaban J connectivity index is 1.25. The van der Waals surface area contributed by atoms with E-state index in [1.54, 1.807) is 11.1 Å². The van der Waals surface area contributed by atoms with Crippen molar-refractivity contribution < 1.29 is 14.3 Å². The third kappa shape index (κ3) is 4.99. The number of benzene rings is 2. The smallest absolute Gasteiger partial charge is 0.415 e. The monoisotopic (exact) mass is 470 g/mol. The Morgan fingerprint density at radius 2 is 1.94 bits per heavy atom. The van der Waals surface area contributed by atoms with Crippen LogP contribution in [0.3, 0.4) is 0 Å². The van der Waals surface area contributed by atoms with Crippen molar-refractivity contribution in [3.63, 3.8) is 0 Å². The first kappa shape index (κ1) is 22.9. The molecule has 2 aliphatic rings. The third-order valence-corrected chi connectivity index (χ3v) is 6.91. The van der Waals surface area contributed by atoms with Crippen LogP contribution in [0.4, 0.5) is 16.2 Å². The maximum absolute atomic E-state index is 13.4. The van der Waals surface area contributed by atoms with Crippen molar-refractivity contribution in [2.75, 3.05) is 29.9 Å². The quantitative estimate of drug-likeness (QED) is 0.567. The number of para-hydroxylation sites is 1. The number of nitrogens with zero attached hydrogens (tertiary/aromatic N) is 3. The van der Waals surface area contributed by atoms with Crippen molar-refractivity contribution >= 4 is 23.4 Å². The summed E-state index contributed by atoms with van der Waals surface area (Å²) in [5.74, 6) is 0.00992. The number of hydrogen-bond donors (Lipinski definition) is 1. The van der Waals surface area contributed by atoms with Gasteiger partial charge in [-0.05, 0) is 61.2 Å². The second kappa shape index (κ2) is 9.78. The zero-order chi connectivity index (χ0) is 24.3. The number of aromatic nitrogens is 1. The average Bonchev–Trinajstić information content (AvgIpc) is 3.08. The lowest BCUT2D eigenvalue weighted by Gasteiger charge is -2.26. The van der Waals surface area contributed by atoms with Gasteiger partial charge in [0, 0.05) is 55.4 Å². The Morgan fingerprint density at radius 1 is 1.09 bits per heavy atom. The van der Waals surface area contributed by atoms with Crippen LogP contribution in [-0.4, -0.2) is 47.1 Å². The van der Waals surface area contributed by atoms with Crippen molar-refractivity contribution in [3.05, 3.63) is 89.7 Å². The Labute approximate surface area is 205 Å². The number of amides is 2. The highest BCUT2D eigenvalue weighted by atomic mass is 16.6. The number of ether oxygens (including phenoxy) is 1. The number of aryl methyl sites for hydroxylation is 1. The molecule has 0 saturated carbocycles. The topological polar surface area (TPSA) is 74.8 Å². The van der Waals surface area contributed by atoms with Crippen molar-refractivity contribution in [1.29, 1.82) is 0 Å². The molecule has 1 aromatic heterocycles. The molecule has 1 N–H and O–H groups in total. The SMILES string of the molecule is Cc1ccc(C(=O)N2CCCC3(CC2)CN(c2ccccc2)C(=O)O3)cc1NCc1cccnc1. The molecule has 1 spiro atoms. The van der Waals surface area contributed by atoms with E-state index in [0.717, 1.165) is 35.3 Å². The average molecular weight is 471 g/mol. The highest BCUT2D eigenvalue weighted by Crippen LogP contribution is 2.36. The van der Waals surface area contributed by atoms with Gasteiger partial charge in [0.2, 0.25) is 0 Å². The molecule has 1 unspecified atom stereocenters. The summed E-state index contributed by atoms with van der Waals surface area (Å²) in [4.78, 5) is 33.8. The van der Waals surface area contributed by atoms with Crippen LogP contribution >= 0.6 is 0 Å². The van der Waals surface area contributed by atoms with Gasteiger partial charge < -0.3 is 15.0 Å². The van der Waals surface area contributed by atoms with Crippen LogP contribution < -0.4 is 10.2 Å². The highest BCUT2D eigenvalue weighted by Gasteiger charge is 2.46. The summed E-state index contributed by atoms with van der Waals surface area (Å²) < 4.78 is 5.91. The van der Waals surface area contributed by atoms with E-state index in [-0.39, 0.29) is 12.0 Å². The molecule has 180 valence electrons. The minimum atomic E-state index is -0.550. The molecule has 35 heavy (non-hydrogen) atoms. The van der Waals surface area contributed by atoms with Crippen LogP contribution in [0.5, 0.6) is 0 Å². The largest absolute Gasteiger partial charge is 0.441 e. The molecule has 1 atom stereocenters. The van der Waals surface area contributed by atoms with Crippen LogP contribution in [0.2, 0.25) is 0 Å². The molecule has 0 bridgehead atoms. The molecule has 7 heteroatoms. The summed E-state index contributed by atoms with van der Waals surface area (Å²) >= 11 is 0. The predicted octanol–water partition coefficient (Wildman–Crippen LogP) is 5.02. The number of hydrogen-bond acceptors (Lipinski definition) is 5. The van der Waals surface area contributed by atoms with E-state index in [1.807, 2.05) is 78.7 Å². The van der Waals surface area contributed by atoms with E-state index in [4.69, 9.17) is 4.74 Å². The van der Waals surface area contributed by atoms with Gasteiger partial charge in [0.1, 0.15) is 5.60 Å². The normalized spacial score (nSPS) is 20.0. The number of rotatable bonds is 5. The zero-order valence-electron chi connectivity index (χ0n) is 19.9. The molecule has 0 radical (unpaired) electrons. The van der Waals surface area contributed by atoms with E-state index >= 15 is 0 Å². The molecule has 2 fully saturated rings. The van der Waals surface area contributed by atoms with Gasteiger partial charge in [0.05, 0.1) is 6.54 Å². The van der Waals surface area contributed by atoms with Gasteiger partial charge in [-0.2, -0.15) is 0 Å². The maximum atomic E-state index is 13.4. The molecule has 2 saturated heterocycles. The van der Waals surface area contributed by atoms with Crippen molar-refractivity contribution in [1.82, 2.24) is 9.88 Å². The van der Waals surface area contributed by atoms with Gasteiger partial charge >= 0.3 is 6.09 Å². The predicted molar refractivity (Wildman–Crippen MR) is 135 cm³/mol. The summed E-state index contributed by atoms with van der Waals surface area (Å²) in [7, 11) is 0.